The first-order valence-electron chi connectivity index (χ1n) is 6.16. The summed E-state index contributed by atoms with van der Waals surface area (Å²) in [5.74, 6) is -0.584. The van der Waals surface area contributed by atoms with Gasteiger partial charge in [0.15, 0.2) is 5.69 Å². The smallest absolute Gasteiger partial charge is 0.355 e. The molecule has 0 radical (unpaired) electrons. The Hall–Kier alpha value is -2.41. The topological polar surface area (TPSA) is 88.5 Å². The number of benzene rings is 1. The van der Waals surface area contributed by atoms with Gasteiger partial charge in [0.1, 0.15) is 10.8 Å². The minimum atomic E-state index is -1.07. The first-order chi connectivity index (χ1) is 10.1. The zero-order valence-corrected chi connectivity index (χ0v) is 12.1. The Labute approximate surface area is 125 Å². The third-order valence-electron chi connectivity index (χ3n) is 2.75. The molecular formula is C14H14N2O4S. The molecule has 0 saturated carbocycles. The van der Waals surface area contributed by atoms with Crippen molar-refractivity contribution in [3.8, 4) is 5.75 Å². The van der Waals surface area contributed by atoms with Crippen LogP contribution in [0.5, 0.6) is 5.75 Å². The van der Waals surface area contributed by atoms with Crippen LogP contribution in [0, 0.1) is 0 Å². The first kappa shape index (κ1) is 15.0. The number of nitrogens with one attached hydrogen (secondary N) is 1. The second-order valence-corrected chi connectivity index (χ2v) is 5.14. The van der Waals surface area contributed by atoms with Crippen LogP contribution in [0.3, 0.4) is 0 Å². The van der Waals surface area contributed by atoms with Gasteiger partial charge in [0.2, 0.25) is 5.91 Å². The van der Waals surface area contributed by atoms with Crippen molar-refractivity contribution >= 4 is 23.2 Å². The molecule has 0 aliphatic carbocycles. The molecule has 6 nitrogen and oxygen atoms in total. The number of aromatic carboxylic acids is 1. The normalized spacial score (nSPS) is 10.1. The van der Waals surface area contributed by atoms with E-state index in [4.69, 9.17) is 9.84 Å². The molecule has 2 N–H and O–H groups in total. The molecule has 0 aliphatic rings. The van der Waals surface area contributed by atoms with Crippen molar-refractivity contribution in [2.24, 2.45) is 0 Å². The lowest BCUT2D eigenvalue weighted by atomic mass is 10.1. The van der Waals surface area contributed by atoms with E-state index in [1.165, 1.54) is 16.7 Å². The van der Waals surface area contributed by atoms with Gasteiger partial charge in [-0.2, -0.15) is 0 Å². The van der Waals surface area contributed by atoms with Crippen LogP contribution in [-0.4, -0.2) is 29.1 Å². The van der Waals surface area contributed by atoms with Gasteiger partial charge in [-0.05, 0) is 6.07 Å². The average molecular weight is 306 g/mol. The van der Waals surface area contributed by atoms with Crippen LogP contribution in [0.25, 0.3) is 0 Å². The van der Waals surface area contributed by atoms with Gasteiger partial charge in [0.05, 0.1) is 20.1 Å². The number of carbonyl (C=O) groups excluding carboxylic acids is 1. The van der Waals surface area contributed by atoms with Crippen molar-refractivity contribution in [3.05, 3.63) is 45.9 Å². The number of carboxylic acid groups (broad SMARTS) is 1. The second-order valence-electron chi connectivity index (χ2n) is 4.20. The van der Waals surface area contributed by atoms with E-state index in [-0.39, 0.29) is 24.6 Å². The van der Waals surface area contributed by atoms with Gasteiger partial charge in [-0.15, -0.1) is 11.3 Å². The number of methoxy groups -OCH3 is 1. The van der Waals surface area contributed by atoms with Crippen LogP contribution < -0.4 is 10.1 Å². The lowest BCUT2D eigenvalue weighted by Crippen LogP contribution is -2.24. The van der Waals surface area contributed by atoms with E-state index in [1.807, 2.05) is 18.2 Å². The van der Waals surface area contributed by atoms with Crippen molar-refractivity contribution in [1.82, 2.24) is 10.3 Å². The lowest BCUT2D eigenvalue weighted by molar-refractivity contribution is -0.120. The van der Waals surface area contributed by atoms with Gasteiger partial charge in [0.25, 0.3) is 0 Å². The molecule has 7 heteroatoms. The van der Waals surface area contributed by atoms with Crippen molar-refractivity contribution in [3.63, 3.8) is 0 Å². The standard InChI is InChI=1S/C14H14N2O4S/c1-20-11-5-3-2-4-9(11)6-12(17)15-7-13-16-10(8-21-13)14(18)19/h2-5,8H,6-7H2,1H3,(H,15,17)(H,18,19). The van der Waals surface area contributed by atoms with Crippen LogP contribution in [0.15, 0.2) is 29.6 Å². The van der Waals surface area contributed by atoms with Crippen LogP contribution in [0.4, 0.5) is 0 Å². The predicted octanol–water partition coefficient (Wildman–Crippen LogP) is 1.71. The average Bonchev–Trinajstić information content (AvgIpc) is 2.95. The third-order valence-corrected chi connectivity index (χ3v) is 3.60. The number of rotatable bonds is 6. The largest absolute Gasteiger partial charge is 0.496 e. The monoisotopic (exact) mass is 306 g/mol. The van der Waals surface area contributed by atoms with Crippen LogP contribution in [0.1, 0.15) is 21.1 Å². The number of ether oxygens (including phenoxy) is 1. The van der Waals surface area contributed by atoms with E-state index in [9.17, 15) is 9.59 Å². The molecule has 0 saturated heterocycles. The maximum Gasteiger partial charge on any atom is 0.355 e. The van der Waals surface area contributed by atoms with Gasteiger partial charge in [-0.3, -0.25) is 4.79 Å². The quantitative estimate of drug-likeness (QED) is 0.848. The molecule has 0 bridgehead atoms. The van der Waals surface area contributed by atoms with Crippen molar-refractivity contribution < 1.29 is 19.4 Å². The van der Waals surface area contributed by atoms with Crippen LogP contribution in [-0.2, 0) is 17.8 Å². The number of carboxylic acids is 1. The van der Waals surface area contributed by atoms with Crippen LogP contribution >= 0.6 is 11.3 Å². The summed E-state index contributed by atoms with van der Waals surface area (Å²) in [6, 6.07) is 7.29. The van der Waals surface area contributed by atoms with Gasteiger partial charge in [-0.1, -0.05) is 18.2 Å². The van der Waals surface area contributed by atoms with Crippen molar-refractivity contribution in [2.75, 3.05) is 7.11 Å². The number of hydrogen-bond donors (Lipinski definition) is 2. The lowest BCUT2D eigenvalue weighted by Gasteiger charge is -2.08. The molecule has 2 rings (SSSR count). The first-order valence-corrected chi connectivity index (χ1v) is 7.04. The van der Waals surface area contributed by atoms with E-state index >= 15 is 0 Å². The summed E-state index contributed by atoms with van der Waals surface area (Å²) in [6.45, 7) is 0.214. The maximum absolute atomic E-state index is 11.9. The third kappa shape index (κ3) is 4.03. The highest BCUT2D eigenvalue weighted by Crippen LogP contribution is 2.17. The van der Waals surface area contributed by atoms with E-state index in [1.54, 1.807) is 13.2 Å². The number of aromatic nitrogens is 1. The molecule has 2 aromatic rings. The van der Waals surface area contributed by atoms with Gasteiger partial charge in [-0.25, -0.2) is 9.78 Å². The Bertz CT molecular complexity index is 654. The Kier molecular flexibility index (Phi) is 4.89. The molecule has 0 fully saturated rings. The summed E-state index contributed by atoms with van der Waals surface area (Å²) in [6.07, 6.45) is 0.196. The molecule has 110 valence electrons. The summed E-state index contributed by atoms with van der Waals surface area (Å²) >= 11 is 1.20. The number of thiazole rings is 1. The fraction of sp³-hybridized carbons (Fsp3) is 0.214. The summed E-state index contributed by atoms with van der Waals surface area (Å²) in [5, 5.41) is 13.5. The minimum absolute atomic E-state index is 0.00558. The SMILES string of the molecule is COc1ccccc1CC(=O)NCc1nc(C(=O)O)cs1. The molecule has 1 aromatic carbocycles. The molecule has 21 heavy (non-hydrogen) atoms. The Morgan fingerprint density at radius 1 is 1.38 bits per heavy atom. The molecule has 1 heterocycles. The Morgan fingerprint density at radius 2 is 2.14 bits per heavy atom. The second kappa shape index (κ2) is 6.85. The Balaban J connectivity index is 1.91. The number of carbonyl (C=O) groups is 2. The fourth-order valence-corrected chi connectivity index (χ4v) is 2.46. The molecular weight excluding hydrogens is 292 g/mol. The fourth-order valence-electron chi connectivity index (χ4n) is 1.75. The predicted molar refractivity (Wildman–Crippen MR) is 77.6 cm³/mol. The molecule has 1 amide bonds. The van der Waals surface area contributed by atoms with E-state index in [0.29, 0.717) is 10.8 Å². The molecule has 0 aliphatic heterocycles. The van der Waals surface area contributed by atoms with Gasteiger partial charge < -0.3 is 15.2 Å². The molecule has 0 unspecified atom stereocenters. The van der Waals surface area contributed by atoms with Crippen LogP contribution in [0.2, 0.25) is 0 Å². The maximum atomic E-state index is 11.9. The number of nitrogens with zero attached hydrogens (tertiary/aromatic N) is 1. The highest BCUT2D eigenvalue weighted by Gasteiger charge is 2.11. The van der Waals surface area contributed by atoms with Crippen molar-refractivity contribution in [1.29, 1.82) is 0 Å². The van der Waals surface area contributed by atoms with E-state index < -0.39 is 5.97 Å². The number of hydrogen-bond acceptors (Lipinski definition) is 5. The van der Waals surface area contributed by atoms with E-state index in [2.05, 4.69) is 10.3 Å². The molecule has 1 aromatic heterocycles. The van der Waals surface area contributed by atoms with E-state index in [0.717, 1.165) is 5.56 Å². The highest BCUT2D eigenvalue weighted by molar-refractivity contribution is 7.09. The highest BCUT2D eigenvalue weighted by atomic mass is 32.1. The summed E-state index contributed by atoms with van der Waals surface area (Å²) in [7, 11) is 1.56. The molecule has 0 atom stereocenters. The summed E-state index contributed by atoms with van der Waals surface area (Å²) in [4.78, 5) is 26.5. The zero-order valence-electron chi connectivity index (χ0n) is 11.3. The molecule has 0 spiro atoms. The number of para-hydroxylation sites is 1. The van der Waals surface area contributed by atoms with Gasteiger partial charge in [0, 0.05) is 10.9 Å². The number of amides is 1. The van der Waals surface area contributed by atoms with Gasteiger partial charge >= 0.3 is 5.97 Å². The summed E-state index contributed by atoms with van der Waals surface area (Å²) < 4.78 is 5.18. The Morgan fingerprint density at radius 3 is 2.81 bits per heavy atom. The summed E-state index contributed by atoms with van der Waals surface area (Å²) in [5.41, 5.74) is 0.789. The van der Waals surface area contributed by atoms with Crippen molar-refractivity contribution in [2.45, 2.75) is 13.0 Å². The minimum Gasteiger partial charge on any atom is -0.496 e. The zero-order chi connectivity index (χ0) is 15.2.